The van der Waals surface area contributed by atoms with Gasteiger partial charge in [0, 0.05) is 6.54 Å². The van der Waals surface area contributed by atoms with E-state index >= 15 is 0 Å². The largest absolute Gasteiger partial charge is 0.462 e. The Morgan fingerprint density at radius 1 is 1.27 bits per heavy atom. The minimum absolute atomic E-state index is 0.323. The Bertz CT molecular complexity index is 544. The molecule has 0 atom stereocenters. The van der Waals surface area contributed by atoms with Crippen LogP contribution in [0.25, 0.3) is 0 Å². The quantitative estimate of drug-likeness (QED) is 0.843. The topological polar surface area (TPSA) is 82.5 Å². The summed E-state index contributed by atoms with van der Waals surface area (Å²) in [6.07, 6.45) is -0.473. The van der Waals surface area contributed by atoms with Crippen molar-refractivity contribution in [3.8, 4) is 0 Å². The Morgan fingerprint density at radius 2 is 1.91 bits per heavy atom. The van der Waals surface area contributed by atoms with Gasteiger partial charge in [0.25, 0.3) is 0 Å². The number of alkyl carbamates (subject to hydrolysis) is 1. The van der Waals surface area contributed by atoms with Gasteiger partial charge < -0.3 is 14.8 Å². The number of amides is 1. The number of nitrogens with zero attached hydrogens (tertiary/aromatic N) is 2. The lowest BCUT2D eigenvalue weighted by atomic mass is 10.2. The number of hydrogen-bond donors (Lipinski definition) is 1. The number of rotatable bonds is 5. The van der Waals surface area contributed by atoms with Crippen molar-refractivity contribution in [1.29, 1.82) is 0 Å². The smallest absolute Gasteiger partial charge is 0.407 e. The Morgan fingerprint density at radius 3 is 2.45 bits per heavy atom. The highest BCUT2D eigenvalue weighted by atomic mass is 16.6. The molecule has 0 bridgehead atoms. The SMILES string of the molecule is CCOC(=O)c1c(C)nn(CCNC(=O)OC(C)(C)C)c1C. The maximum absolute atomic E-state index is 11.9. The molecule has 124 valence electrons. The molecule has 0 radical (unpaired) electrons. The summed E-state index contributed by atoms with van der Waals surface area (Å²) in [6.45, 7) is 11.9. The molecule has 1 aromatic heterocycles. The van der Waals surface area contributed by atoms with Crippen LogP contribution in [0.2, 0.25) is 0 Å². The molecule has 1 rings (SSSR count). The molecule has 0 aliphatic heterocycles. The molecule has 1 N–H and O–H groups in total. The Balaban J connectivity index is 2.63. The van der Waals surface area contributed by atoms with E-state index in [1.165, 1.54) is 0 Å². The number of nitrogens with one attached hydrogen (secondary N) is 1. The zero-order valence-corrected chi connectivity index (χ0v) is 14.1. The third kappa shape index (κ3) is 5.05. The average Bonchev–Trinajstić information content (AvgIpc) is 2.62. The highest BCUT2D eigenvalue weighted by Crippen LogP contribution is 2.14. The summed E-state index contributed by atoms with van der Waals surface area (Å²) >= 11 is 0. The molecular formula is C15H25N3O4. The second-order valence-corrected chi connectivity index (χ2v) is 5.92. The highest BCUT2D eigenvalue weighted by Gasteiger charge is 2.20. The fraction of sp³-hybridized carbons (Fsp3) is 0.667. The summed E-state index contributed by atoms with van der Waals surface area (Å²) < 4.78 is 11.8. The third-order valence-electron chi connectivity index (χ3n) is 2.85. The molecule has 0 saturated carbocycles. The molecule has 22 heavy (non-hydrogen) atoms. The van der Waals surface area contributed by atoms with Crippen molar-refractivity contribution in [3.05, 3.63) is 17.0 Å². The molecule has 0 unspecified atom stereocenters. The van der Waals surface area contributed by atoms with Crippen LogP contribution < -0.4 is 5.32 Å². The van der Waals surface area contributed by atoms with Gasteiger partial charge in [-0.3, -0.25) is 4.68 Å². The summed E-state index contributed by atoms with van der Waals surface area (Å²) in [5, 5.41) is 6.97. The lowest BCUT2D eigenvalue weighted by Gasteiger charge is -2.19. The fourth-order valence-electron chi connectivity index (χ4n) is 1.99. The minimum atomic E-state index is -0.528. The molecule has 0 spiro atoms. The van der Waals surface area contributed by atoms with Gasteiger partial charge in [-0.05, 0) is 41.5 Å². The number of esters is 1. The van der Waals surface area contributed by atoms with Gasteiger partial charge in [-0.2, -0.15) is 5.10 Å². The highest BCUT2D eigenvalue weighted by molar-refractivity contribution is 5.91. The van der Waals surface area contributed by atoms with Crippen molar-refractivity contribution >= 4 is 12.1 Å². The number of carbonyl (C=O) groups is 2. The number of ether oxygens (including phenoxy) is 2. The second-order valence-electron chi connectivity index (χ2n) is 5.92. The molecule has 0 saturated heterocycles. The van der Waals surface area contributed by atoms with Crippen molar-refractivity contribution in [2.45, 2.75) is 53.7 Å². The van der Waals surface area contributed by atoms with Crippen LogP contribution in [0.3, 0.4) is 0 Å². The van der Waals surface area contributed by atoms with Crippen LogP contribution in [0, 0.1) is 13.8 Å². The van der Waals surface area contributed by atoms with Gasteiger partial charge in [-0.15, -0.1) is 0 Å². The minimum Gasteiger partial charge on any atom is -0.462 e. The van der Waals surface area contributed by atoms with E-state index in [0.29, 0.717) is 31.0 Å². The monoisotopic (exact) mass is 311 g/mol. The molecule has 1 aromatic rings. The Labute approximate surface area is 131 Å². The zero-order chi connectivity index (χ0) is 16.9. The van der Waals surface area contributed by atoms with Gasteiger partial charge >= 0.3 is 12.1 Å². The Kier molecular flexibility index (Phi) is 5.96. The first-order valence-electron chi connectivity index (χ1n) is 7.33. The van der Waals surface area contributed by atoms with Crippen LogP contribution in [0.1, 0.15) is 49.4 Å². The standard InChI is InChI=1S/C15H25N3O4/c1-7-21-13(19)12-10(2)17-18(11(12)3)9-8-16-14(20)22-15(4,5)6/h7-9H2,1-6H3,(H,16,20). The van der Waals surface area contributed by atoms with Gasteiger partial charge in [0.15, 0.2) is 0 Å². The normalized spacial score (nSPS) is 11.2. The van der Waals surface area contributed by atoms with E-state index in [-0.39, 0.29) is 5.97 Å². The predicted molar refractivity (Wildman–Crippen MR) is 81.9 cm³/mol. The van der Waals surface area contributed by atoms with Crippen molar-refractivity contribution < 1.29 is 19.1 Å². The molecule has 0 aromatic carbocycles. The van der Waals surface area contributed by atoms with E-state index in [9.17, 15) is 9.59 Å². The van der Waals surface area contributed by atoms with Crippen LogP contribution in [-0.2, 0) is 16.0 Å². The van der Waals surface area contributed by atoms with Gasteiger partial charge in [-0.25, -0.2) is 9.59 Å². The lowest BCUT2D eigenvalue weighted by Crippen LogP contribution is -2.34. The molecular weight excluding hydrogens is 286 g/mol. The number of aromatic nitrogens is 2. The van der Waals surface area contributed by atoms with E-state index < -0.39 is 11.7 Å². The first-order valence-corrected chi connectivity index (χ1v) is 7.33. The molecule has 7 nitrogen and oxygen atoms in total. The first kappa shape index (κ1) is 18.0. The lowest BCUT2D eigenvalue weighted by molar-refractivity contribution is 0.0512. The van der Waals surface area contributed by atoms with Crippen LogP contribution in [0.4, 0.5) is 4.79 Å². The Hall–Kier alpha value is -2.05. The van der Waals surface area contributed by atoms with Gasteiger partial charge in [0.2, 0.25) is 0 Å². The molecule has 1 heterocycles. The molecule has 7 heteroatoms. The van der Waals surface area contributed by atoms with Crippen LogP contribution >= 0.6 is 0 Å². The van der Waals surface area contributed by atoms with Crippen molar-refractivity contribution in [3.63, 3.8) is 0 Å². The summed E-state index contributed by atoms with van der Waals surface area (Å²) in [4.78, 5) is 23.4. The van der Waals surface area contributed by atoms with Crippen LogP contribution in [0.15, 0.2) is 0 Å². The number of carbonyl (C=O) groups excluding carboxylic acids is 2. The maximum atomic E-state index is 11.9. The van der Waals surface area contributed by atoms with E-state index in [0.717, 1.165) is 5.69 Å². The summed E-state index contributed by atoms with van der Waals surface area (Å²) in [7, 11) is 0. The molecule has 0 aliphatic carbocycles. The summed E-state index contributed by atoms with van der Waals surface area (Å²) in [5.74, 6) is -0.371. The van der Waals surface area contributed by atoms with Crippen LogP contribution in [0.5, 0.6) is 0 Å². The predicted octanol–water partition coefficient (Wildman–Crippen LogP) is 2.20. The van der Waals surface area contributed by atoms with E-state index in [4.69, 9.17) is 9.47 Å². The molecule has 1 amide bonds. The van der Waals surface area contributed by atoms with Crippen LogP contribution in [-0.4, -0.2) is 40.6 Å². The van der Waals surface area contributed by atoms with Crippen molar-refractivity contribution in [1.82, 2.24) is 15.1 Å². The average molecular weight is 311 g/mol. The van der Waals surface area contributed by atoms with E-state index in [1.807, 2.05) is 0 Å². The van der Waals surface area contributed by atoms with Crippen molar-refractivity contribution in [2.75, 3.05) is 13.2 Å². The molecule has 0 aliphatic rings. The zero-order valence-electron chi connectivity index (χ0n) is 14.1. The summed E-state index contributed by atoms with van der Waals surface area (Å²) in [5.41, 5.74) is 1.30. The second kappa shape index (κ2) is 7.29. The maximum Gasteiger partial charge on any atom is 0.407 e. The number of aryl methyl sites for hydroxylation is 1. The number of hydrogen-bond acceptors (Lipinski definition) is 5. The first-order chi connectivity index (χ1) is 10.2. The van der Waals surface area contributed by atoms with E-state index in [2.05, 4.69) is 10.4 Å². The fourth-order valence-corrected chi connectivity index (χ4v) is 1.99. The molecule has 0 fully saturated rings. The van der Waals surface area contributed by atoms with Crippen molar-refractivity contribution in [2.24, 2.45) is 0 Å². The van der Waals surface area contributed by atoms with Gasteiger partial charge in [-0.1, -0.05) is 0 Å². The van der Waals surface area contributed by atoms with Gasteiger partial charge in [0.1, 0.15) is 11.2 Å². The third-order valence-corrected chi connectivity index (χ3v) is 2.85. The summed E-state index contributed by atoms with van der Waals surface area (Å²) in [6, 6.07) is 0. The van der Waals surface area contributed by atoms with Gasteiger partial charge in [0.05, 0.1) is 24.5 Å². The van der Waals surface area contributed by atoms with E-state index in [1.54, 1.807) is 46.2 Å².